The molecule has 1 aliphatic rings. The lowest BCUT2D eigenvalue weighted by Gasteiger charge is -2.24. The molecule has 5 nitrogen and oxygen atoms in total. The third-order valence-corrected chi connectivity index (χ3v) is 3.29. The Hall–Kier alpha value is -0.650. The zero-order valence-corrected chi connectivity index (χ0v) is 11.4. The fourth-order valence-electron chi connectivity index (χ4n) is 2.34. The summed E-state index contributed by atoms with van der Waals surface area (Å²) >= 11 is 0. The third-order valence-electron chi connectivity index (χ3n) is 3.29. The van der Waals surface area contributed by atoms with Gasteiger partial charge in [-0.3, -0.25) is 14.6 Å². The summed E-state index contributed by atoms with van der Waals surface area (Å²) in [5.74, 6) is 0.0962. The van der Waals surface area contributed by atoms with Gasteiger partial charge in [-0.1, -0.05) is 0 Å². The van der Waals surface area contributed by atoms with E-state index in [1.54, 1.807) is 7.11 Å². The van der Waals surface area contributed by atoms with Crippen molar-refractivity contribution in [1.29, 1.82) is 0 Å². The highest BCUT2D eigenvalue weighted by Crippen LogP contribution is 2.18. The molecule has 0 saturated carbocycles. The number of carbonyl (C=O) groups is 1. The van der Waals surface area contributed by atoms with Crippen molar-refractivity contribution in [2.45, 2.75) is 25.5 Å². The first-order valence-corrected chi connectivity index (χ1v) is 6.25. The molecule has 0 unspecified atom stereocenters. The van der Waals surface area contributed by atoms with Crippen LogP contribution in [0.5, 0.6) is 0 Å². The Balaban J connectivity index is 2.31. The monoisotopic (exact) mass is 243 g/mol. The van der Waals surface area contributed by atoms with Crippen LogP contribution in [-0.2, 0) is 9.53 Å². The fraction of sp³-hybridized carbons (Fsp3) is 0.917. The van der Waals surface area contributed by atoms with E-state index in [1.165, 1.54) is 0 Å². The molecule has 1 amide bonds. The van der Waals surface area contributed by atoms with E-state index in [9.17, 15) is 4.79 Å². The third kappa shape index (κ3) is 4.61. The Morgan fingerprint density at radius 2 is 2.29 bits per heavy atom. The zero-order valence-electron chi connectivity index (χ0n) is 11.4. The Bertz CT molecular complexity index is 248. The summed E-state index contributed by atoms with van der Waals surface area (Å²) in [6.45, 7) is 4.99. The lowest BCUT2D eigenvalue weighted by molar-refractivity contribution is -0.121. The van der Waals surface area contributed by atoms with Crippen LogP contribution in [0.25, 0.3) is 0 Å². The van der Waals surface area contributed by atoms with Crippen molar-refractivity contribution in [1.82, 2.24) is 15.1 Å². The van der Waals surface area contributed by atoms with Crippen LogP contribution in [0.1, 0.15) is 13.3 Å². The van der Waals surface area contributed by atoms with E-state index in [0.29, 0.717) is 25.2 Å². The molecule has 1 aliphatic heterocycles. The van der Waals surface area contributed by atoms with Gasteiger partial charge in [-0.15, -0.1) is 0 Å². The summed E-state index contributed by atoms with van der Waals surface area (Å²) in [5.41, 5.74) is 0. The van der Waals surface area contributed by atoms with Crippen LogP contribution < -0.4 is 5.32 Å². The summed E-state index contributed by atoms with van der Waals surface area (Å²) in [5, 5.41) is 2.81. The Morgan fingerprint density at radius 3 is 2.82 bits per heavy atom. The van der Waals surface area contributed by atoms with Gasteiger partial charge in [-0.25, -0.2) is 0 Å². The summed E-state index contributed by atoms with van der Waals surface area (Å²) in [7, 11) is 5.87. The number of nitrogens with one attached hydrogen (secondary N) is 1. The minimum Gasteiger partial charge on any atom is -0.380 e. The maximum absolute atomic E-state index is 11.4. The van der Waals surface area contributed by atoms with E-state index in [4.69, 9.17) is 4.74 Å². The lowest BCUT2D eigenvalue weighted by Crippen LogP contribution is -2.41. The first kappa shape index (κ1) is 14.4. The lowest BCUT2D eigenvalue weighted by atomic mass is 10.2. The van der Waals surface area contributed by atoms with Gasteiger partial charge in [0, 0.05) is 32.8 Å². The highest BCUT2D eigenvalue weighted by molar-refractivity contribution is 5.77. The second-order valence-corrected chi connectivity index (χ2v) is 4.84. The molecule has 0 aliphatic carbocycles. The molecular weight excluding hydrogens is 218 g/mol. The molecule has 0 aromatic heterocycles. The normalized spacial score (nSPS) is 25.5. The van der Waals surface area contributed by atoms with Crippen molar-refractivity contribution < 1.29 is 9.53 Å². The maximum Gasteiger partial charge on any atom is 0.234 e. The van der Waals surface area contributed by atoms with Crippen molar-refractivity contribution >= 4 is 5.91 Å². The topological polar surface area (TPSA) is 44.8 Å². The van der Waals surface area contributed by atoms with Crippen LogP contribution in [0.2, 0.25) is 0 Å². The number of carbonyl (C=O) groups excluding carboxylic acids is 1. The van der Waals surface area contributed by atoms with Crippen LogP contribution in [-0.4, -0.2) is 75.2 Å². The quantitative estimate of drug-likeness (QED) is 0.700. The SMILES string of the molecule is CCNC(=O)CN(C)C[C@@H]1C[C@H](OC)CN1C. The molecule has 0 spiro atoms. The smallest absolute Gasteiger partial charge is 0.234 e. The highest BCUT2D eigenvalue weighted by atomic mass is 16.5. The zero-order chi connectivity index (χ0) is 12.8. The van der Waals surface area contributed by atoms with E-state index in [-0.39, 0.29) is 5.91 Å². The molecule has 0 aromatic carbocycles. The molecule has 1 heterocycles. The van der Waals surface area contributed by atoms with Gasteiger partial charge in [-0.2, -0.15) is 0 Å². The van der Waals surface area contributed by atoms with Crippen molar-refractivity contribution in [3.8, 4) is 0 Å². The van der Waals surface area contributed by atoms with Gasteiger partial charge in [0.15, 0.2) is 0 Å². The molecule has 17 heavy (non-hydrogen) atoms. The molecule has 1 rings (SSSR count). The van der Waals surface area contributed by atoms with Crippen LogP contribution >= 0.6 is 0 Å². The highest BCUT2D eigenvalue weighted by Gasteiger charge is 2.30. The molecule has 5 heteroatoms. The predicted octanol–water partition coefficient (Wildman–Crippen LogP) is -0.227. The van der Waals surface area contributed by atoms with E-state index in [2.05, 4.69) is 22.2 Å². The summed E-state index contributed by atoms with van der Waals surface area (Å²) < 4.78 is 5.37. The number of nitrogens with zero attached hydrogens (tertiary/aromatic N) is 2. The largest absolute Gasteiger partial charge is 0.380 e. The number of rotatable bonds is 6. The van der Waals surface area contributed by atoms with E-state index in [0.717, 1.165) is 19.5 Å². The van der Waals surface area contributed by atoms with E-state index >= 15 is 0 Å². The average molecular weight is 243 g/mol. The molecule has 0 bridgehead atoms. The minimum atomic E-state index is 0.0962. The second-order valence-electron chi connectivity index (χ2n) is 4.84. The molecule has 1 N–H and O–H groups in total. The van der Waals surface area contributed by atoms with Crippen molar-refractivity contribution in [3.63, 3.8) is 0 Å². The number of amides is 1. The average Bonchev–Trinajstić information content (AvgIpc) is 2.59. The van der Waals surface area contributed by atoms with Crippen LogP contribution in [0.15, 0.2) is 0 Å². The van der Waals surface area contributed by atoms with Crippen LogP contribution in [0.4, 0.5) is 0 Å². The van der Waals surface area contributed by atoms with Crippen molar-refractivity contribution in [2.75, 3.05) is 47.4 Å². The van der Waals surface area contributed by atoms with E-state index < -0.39 is 0 Å². The van der Waals surface area contributed by atoms with E-state index in [1.807, 2.05) is 14.0 Å². The Kier molecular flexibility index (Phi) is 5.88. The number of hydrogen-bond donors (Lipinski definition) is 1. The van der Waals surface area contributed by atoms with Gasteiger partial charge in [0.25, 0.3) is 0 Å². The Labute approximate surface area is 104 Å². The molecule has 2 atom stereocenters. The molecule has 1 fully saturated rings. The van der Waals surface area contributed by atoms with Crippen molar-refractivity contribution in [3.05, 3.63) is 0 Å². The number of likely N-dealkylation sites (N-methyl/N-ethyl adjacent to an activating group) is 3. The maximum atomic E-state index is 11.4. The predicted molar refractivity (Wildman–Crippen MR) is 68.0 cm³/mol. The molecule has 1 saturated heterocycles. The van der Waals surface area contributed by atoms with Gasteiger partial charge in [0.2, 0.25) is 5.91 Å². The van der Waals surface area contributed by atoms with Gasteiger partial charge in [-0.05, 0) is 27.4 Å². The molecule has 100 valence electrons. The second kappa shape index (κ2) is 6.93. The number of likely N-dealkylation sites (tertiary alicyclic amines) is 1. The first-order chi connectivity index (χ1) is 8.06. The van der Waals surface area contributed by atoms with Gasteiger partial charge < -0.3 is 10.1 Å². The van der Waals surface area contributed by atoms with Crippen molar-refractivity contribution in [2.24, 2.45) is 0 Å². The standard InChI is InChI=1S/C12H25N3O2/c1-5-13-12(16)9-14(2)7-10-6-11(17-4)8-15(10)3/h10-11H,5-9H2,1-4H3,(H,13,16)/t10-,11-/m0/s1. The minimum absolute atomic E-state index is 0.0962. The van der Waals surface area contributed by atoms with Gasteiger partial charge in [0.05, 0.1) is 12.6 Å². The van der Waals surface area contributed by atoms with Crippen LogP contribution in [0.3, 0.4) is 0 Å². The summed E-state index contributed by atoms with van der Waals surface area (Å²) in [6.07, 6.45) is 1.38. The number of hydrogen-bond acceptors (Lipinski definition) is 4. The molecular formula is C12H25N3O2. The van der Waals surface area contributed by atoms with Gasteiger partial charge in [0.1, 0.15) is 0 Å². The first-order valence-electron chi connectivity index (χ1n) is 6.25. The molecule has 0 radical (unpaired) electrons. The number of ether oxygens (including phenoxy) is 1. The Morgan fingerprint density at radius 1 is 1.59 bits per heavy atom. The summed E-state index contributed by atoms with van der Waals surface area (Å²) in [4.78, 5) is 15.8. The van der Waals surface area contributed by atoms with Gasteiger partial charge >= 0.3 is 0 Å². The van der Waals surface area contributed by atoms with Crippen LogP contribution in [0, 0.1) is 0 Å². The summed E-state index contributed by atoms with van der Waals surface area (Å²) in [6, 6.07) is 0.486. The molecule has 0 aromatic rings. The fourth-order valence-corrected chi connectivity index (χ4v) is 2.34. The number of methoxy groups -OCH3 is 1.